The average Bonchev–Trinajstić information content (AvgIpc) is 2.51. The van der Waals surface area contributed by atoms with Crippen LogP contribution in [0.15, 0.2) is 91.0 Å². The number of hydrogen-bond acceptors (Lipinski definition) is 0. The Labute approximate surface area is 172 Å². The Bertz CT molecular complexity index is 533. The van der Waals surface area contributed by atoms with Gasteiger partial charge in [0.15, 0.2) is 0 Å². The van der Waals surface area contributed by atoms with Gasteiger partial charge in [-0.1, -0.05) is 114 Å². The van der Waals surface area contributed by atoms with Crippen molar-refractivity contribution in [3.05, 3.63) is 114 Å². The predicted molar refractivity (Wildman–Crippen MR) is 81.0 cm³/mol. The molecule has 0 atom stereocenters. The van der Waals surface area contributed by atoms with Gasteiger partial charge in [-0.05, 0) is 0 Å². The molecule has 0 aliphatic carbocycles. The van der Waals surface area contributed by atoms with Crippen LogP contribution in [-0.2, 0) is 0 Å². The Morgan fingerprint density at radius 1 is 0.429 bits per heavy atom. The van der Waals surface area contributed by atoms with Crippen LogP contribution in [0.3, 0.4) is 0 Å². The third-order valence-corrected chi connectivity index (χ3v) is 3.19. The van der Waals surface area contributed by atoms with E-state index in [2.05, 4.69) is 91.0 Å². The van der Waals surface area contributed by atoms with Crippen LogP contribution in [0.5, 0.6) is 0 Å². The predicted octanol–water partition coefficient (Wildman–Crippen LogP) is -1.17. The van der Waals surface area contributed by atoms with Crippen molar-refractivity contribution in [3.8, 4) is 0 Å². The third kappa shape index (κ3) is 4.75. The number of rotatable bonds is 3. The molecule has 0 aromatic heterocycles. The maximum atomic E-state index is 2.16. The minimum atomic E-state index is 0. The van der Waals surface area contributed by atoms with Gasteiger partial charge in [-0.3, -0.25) is 0 Å². The van der Waals surface area contributed by atoms with Crippen LogP contribution in [0.25, 0.3) is 0 Å². The van der Waals surface area contributed by atoms with Crippen molar-refractivity contribution in [2.75, 3.05) is 0 Å². The van der Waals surface area contributed by atoms with Crippen molar-refractivity contribution in [2.45, 2.75) is 0 Å². The van der Waals surface area contributed by atoms with E-state index in [1.165, 1.54) is 22.6 Å². The minimum absolute atomic E-state index is 0. The second-order valence-electron chi connectivity index (χ2n) is 4.47. The first-order valence-electron chi connectivity index (χ1n) is 6.48. The Hall–Kier alpha value is -0.470. The molecule has 0 unspecified atom stereocenters. The van der Waals surface area contributed by atoms with Crippen molar-refractivity contribution in [1.29, 1.82) is 0 Å². The summed E-state index contributed by atoms with van der Waals surface area (Å²) in [5.74, 6) is 1.28. The molecule has 0 aliphatic heterocycles. The van der Waals surface area contributed by atoms with Crippen molar-refractivity contribution in [3.63, 3.8) is 0 Å². The van der Waals surface area contributed by atoms with Gasteiger partial charge < -0.3 is 1.43 Å². The summed E-state index contributed by atoms with van der Waals surface area (Å²) in [4.78, 5) is 0. The Balaban J connectivity index is 0.00000147. The third-order valence-electron chi connectivity index (χ3n) is 3.19. The van der Waals surface area contributed by atoms with Crippen LogP contribution in [0.2, 0.25) is 0 Å². The van der Waals surface area contributed by atoms with Gasteiger partial charge in [-0.2, -0.15) is 0 Å². The van der Waals surface area contributed by atoms with Crippen molar-refractivity contribution in [2.24, 2.45) is 0 Å². The van der Waals surface area contributed by atoms with E-state index in [4.69, 9.17) is 0 Å². The molecule has 2 heteroatoms. The maximum Gasteiger partial charge on any atom is 1.00 e. The average molecular weight is 290 g/mol. The molecule has 3 rings (SSSR count). The molecule has 3 aromatic carbocycles. The number of hydrogen-bond donors (Lipinski definition) is 0. The first-order valence-corrected chi connectivity index (χ1v) is 6.48. The topological polar surface area (TPSA) is 0 Å². The fraction of sp³-hybridized carbons (Fsp3) is 0. The van der Waals surface area contributed by atoms with E-state index in [-0.39, 0.29) is 60.5 Å². The van der Waals surface area contributed by atoms with E-state index >= 15 is 0 Å². The summed E-state index contributed by atoms with van der Waals surface area (Å²) in [6, 6.07) is 31.6. The molecule has 0 spiro atoms. The SMILES string of the molecule is [H-].[Na+].[Na+].c1ccc([C-](c2ccccc2)c2ccccc2)cc1. The Morgan fingerprint density at radius 3 is 0.905 bits per heavy atom. The van der Waals surface area contributed by atoms with Crippen LogP contribution in [0.1, 0.15) is 18.1 Å². The monoisotopic (exact) mass is 290 g/mol. The van der Waals surface area contributed by atoms with Crippen LogP contribution in [0, 0.1) is 5.92 Å². The van der Waals surface area contributed by atoms with Gasteiger partial charge >= 0.3 is 59.1 Å². The summed E-state index contributed by atoms with van der Waals surface area (Å²) in [6.07, 6.45) is 0. The zero-order valence-electron chi connectivity index (χ0n) is 13.7. The van der Waals surface area contributed by atoms with Crippen LogP contribution >= 0.6 is 0 Å². The van der Waals surface area contributed by atoms with E-state index in [9.17, 15) is 0 Å². The largest absolute Gasteiger partial charge is 1.00 e. The molecule has 0 saturated heterocycles. The van der Waals surface area contributed by atoms with Gasteiger partial charge in [-0.15, -0.1) is 0 Å². The van der Waals surface area contributed by atoms with Crippen molar-refractivity contribution in [1.82, 2.24) is 0 Å². The molecule has 0 fully saturated rings. The summed E-state index contributed by atoms with van der Waals surface area (Å²) in [5.41, 5.74) is 3.75. The van der Waals surface area contributed by atoms with Gasteiger partial charge in [0.25, 0.3) is 0 Å². The molecule has 0 amide bonds. The Kier molecular flexibility index (Phi) is 8.43. The summed E-state index contributed by atoms with van der Waals surface area (Å²) >= 11 is 0. The first-order chi connectivity index (χ1) is 9.45. The fourth-order valence-corrected chi connectivity index (χ4v) is 2.31. The molecular weight excluding hydrogens is 274 g/mol. The molecule has 0 heterocycles. The van der Waals surface area contributed by atoms with Crippen LogP contribution < -0.4 is 59.1 Å². The maximum absolute atomic E-state index is 2.16. The van der Waals surface area contributed by atoms with E-state index in [0.717, 1.165) is 0 Å². The zero-order chi connectivity index (χ0) is 12.9. The second kappa shape index (κ2) is 9.53. The smallest absolute Gasteiger partial charge is 1.00 e. The van der Waals surface area contributed by atoms with Gasteiger partial charge in [-0.25, -0.2) is 0 Å². The van der Waals surface area contributed by atoms with Gasteiger partial charge in [0, 0.05) is 0 Å². The van der Waals surface area contributed by atoms with E-state index < -0.39 is 0 Å². The summed E-state index contributed by atoms with van der Waals surface area (Å²) in [6.45, 7) is 0. The van der Waals surface area contributed by atoms with Gasteiger partial charge in [0.2, 0.25) is 0 Å². The van der Waals surface area contributed by atoms with Crippen LogP contribution in [-0.4, -0.2) is 0 Å². The Morgan fingerprint density at radius 2 is 0.667 bits per heavy atom. The molecule has 0 bridgehead atoms. The summed E-state index contributed by atoms with van der Waals surface area (Å²) in [5, 5.41) is 0. The standard InChI is InChI=1S/C19H15.2Na.H/c1-4-10-16(11-5-1)19(17-12-6-2-7-13-17)18-14-8-3-9-15-18;;;/h1-15H;;;/q-1;2*+1;-1. The van der Waals surface area contributed by atoms with E-state index in [0.29, 0.717) is 0 Å². The van der Waals surface area contributed by atoms with E-state index in [1.54, 1.807) is 0 Å². The summed E-state index contributed by atoms with van der Waals surface area (Å²) < 4.78 is 0. The zero-order valence-corrected chi connectivity index (χ0v) is 16.7. The van der Waals surface area contributed by atoms with Gasteiger partial charge in [0.1, 0.15) is 0 Å². The van der Waals surface area contributed by atoms with Gasteiger partial charge in [0.05, 0.1) is 0 Å². The van der Waals surface area contributed by atoms with Crippen molar-refractivity contribution < 1.29 is 60.5 Å². The molecule has 0 saturated carbocycles. The second-order valence-corrected chi connectivity index (χ2v) is 4.47. The summed E-state index contributed by atoms with van der Waals surface area (Å²) in [7, 11) is 0. The van der Waals surface area contributed by atoms with E-state index in [1.807, 2.05) is 0 Å². The minimum Gasteiger partial charge on any atom is -1.00 e. The molecule has 21 heavy (non-hydrogen) atoms. The molecule has 0 nitrogen and oxygen atoms in total. The normalized spacial score (nSPS) is 9.14. The molecule has 0 radical (unpaired) electrons. The van der Waals surface area contributed by atoms with Crippen LogP contribution in [0.4, 0.5) is 0 Å². The van der Waals surface area contributed by atoms with Crippen molar-refractivity contribution >= 4 is 0 Å². The molecule has 94 valence electrons. The first kappa shape index (κ1) is 18.6. The quantitative estimate of drug-likeness (QED) is 0.324. The molecule has 0 aliphatic rings. The fourth-order valence-electron chi connectivity index (χ4n) is 2.31. The molecule has 3 aromatic rings. The molecular formula is C19H16Na2. The number of benzene rings is 3. The molecule has 0 N–H and O–H groups in total.